The monoisotopic (exact) mass is 707 g/mol. The lowest BCUT2D eigenvalue weighted by Gasteiger charge is -2.21. The predicted octanol–water partition coefficient (Wildman–Crippen LogP) is 7.09. The summed E-state index contributed by atoms with van der Waals surface area (Å²) < 4.78 is 65.3. The fraction of sp³-hybridized carbons (Fsp3) is 0.516. The van der Waals surface area contributed by atoms with E-state index in [4.69, 9.17) is 41.5 Å². The predicted molar refractivity (Wildman–Crippen MR) is 165 cm³/mol. The number of aliphatic carboxylic acids is 2. The summed E-state index contributed by atoms with van der Waals surface area (Å²) in [5.74, 6) is -4.07. The van der Waals surface area contributed by atoms with Gasteiger partial charge in [0.1, 0.15) is 5.82 Å². The van der Waals surface area contributed by atoms with Crippen molar-refractivity contribution in [3.63, 3.8) is 0 Å². The number of benzene rings is 1. The average Bonchev–Trinajstić information content (AvgIpc) is 3.18. The van der Waals surface area contributed by atoms with E-state index >= 15 is 0 Å². The molecule has 2 aliphatic rings. The summed E-state index contributed by atoms with van der Waals surface area (Å²) in [7, 11) is 0. The van der Waals surface area contributed by atoms with Crippen LogP contribution in [0, 0.1) is 5.92 Å². The SMILES string of the molecule is O=C(NCC1CCCCC1)c1nn(Cc2ccc(Cl)cc2)c2nc(N3CCCCCC3)ccc12.O=C(O)C(F)(F)F.O=C(O)C(F)(F)F. The number of nitrogens with one attached hydrogen (secondary N) is 1. The van der Waals surface area contributed by atoms with Crippen molar-refractivity contribution >= 4 is 46.3 Å². The van der Waals surface area contributed by atoms with Gasteiger partial charge < -0.3 is 20.4 Å². The molecule has 48 heavy (non-hydrogen) atoms. The number of pyridine rings is 1. The van der Waals surface area contributed by atoms with Gasteiger partial charge in [0.15, 0.2) is 11.3 Å². The molecule has 10 nitrogen and oxygen atoms in total. The Hall–Kier alpha value is -4.08. The molecule has 3 heterocycles. The highest BCUT2D eigenvalue weighted by molar-refractivity contribution is 6.30. The zero-order valence-corrected chi connectivity index (χ0v) is 26.5. The maximum Gasteiger partial charge on any atom is 0.490 e. The van der Waals surface area contributed by atoms with Crippen molar-refractivity contribution in [2.24, 2.45) is 5.92 Å². The Labute approximate surface area is 277 Å². The summed E-state index contributed by atoms with van der Waals surface area (Å²) in [6, 6.07) is 11.9. The van der Waals surface area contributed by atoms with Crippen molar-refractivity contribution in [1.82, 2.24) is 20.1 Å². The Morgan fingerprint density at radius 2 is 1.33 bits per heavy atom. The van der Waals surface area contributed by atoms with Crippen molar-refractivity contribution in [3.05, 3.63) is 52.7 Å². The molecule has 0 atom stereocenters. The van der Waals surface area contributed by atoms with E-state index in [0.717, 1.165) is 42.0 Å². The lowest BCUT2D eigenvalue weighted by Crippen LogP contribution is -2.30. The third-order valence-corrected chi connectivity index (χ3v) is 7.98. The number of hydrogen-bond donors (Lipinski definition) is 3. The summed E-state index contributed by atoms with van der Waals surface area (Å²) in [5.41, 5.74) is 2.30. The Balaban J connectivity index is 0.000000376. The molecule has 3 N–H and O–H groups in total. The molecule has 1 aliphatic carbocycles. The minimum atomic E-state index is -5.08. The minimum absolute atomic E-state index is 0.102. The van der Waals surface area contributed by atoms with Crippen LogP contribution in [0.2, 0.25) is 5.02 Å². The highest BCUT2D eigenvalue weighted by atomic mass is 35.5. The first-order valence-corrected chi connectivity index (χ1v) is 15.7. The molecule has 0 radical (unpaired) electrons. The Morgan fingerprint density at radius 1 is 0.812 bits per heavy atom. The van der Waals surface area contributed by atoms with E-state index in [0.29, 0.717) is 23.2 Å². The number of aromatic nitrogens is 3. The zero-order chi connectivity index (χ0) is 35.5. The molecule has 1 saturated carbocycles. The number of amides is 1. The first kappa shape index (κ1) is 38.4. The maximum absolute atomic E-state index is 13.2. The molecule has 1 aliphatic heterocycles. The number of hydrogen-bond acceptors (Lipinski definition) is 6. The van der Waals surface area contributed by atoms with E-state index < -0.39 is 24.3 Å². The molecule has 264 valence electrons. The highest BCUT2D eigenvalue weighted by Gasteiger charge is 2.39. The maximum atomic E-state index is 13.2. The second-order valence-electron chi connectivity index (χ2n) is 11.4. The van der Waals surface area contributed by atoms with E-state index in [9.17, 15) is 31.1 Å². The number of alkyl halides is 6. The smallest absolute Gasteiger partial charge is 0.475 e. The van der Waals surface area contributed by atoms with Crippen molar-refractivity contribution in [1.29, 1.82) is 0 Å². The first-order valence-electron chi connectivity index (χ1n) is 15.3. The molecule has 5 rings (SSSR count). The largest absolute Gasteiger partial charge is 0.490 e. The fourth-order valence-corrected chi connectivity index (χ4v) is 5.40. The van der Waals surface area contributed by atoms with Crippen LogP contribution in [-0.2, 0) is 16.1 Å². The number of carbonyl (C=O) groups is 3. The van der Waals surface area contributed by atoms with Crippen LogP contribution in [0.3, 0.4) is 0 Å². The summed E-state index contributed by atoms with van der Waals surface area (Å²) in [6.45, 7) is 3.32. The van der Waals surface area contributed by atoms with E-state index in [2.05, 4.69) is 16.3 Å². The molecule has 1 amide bonds. The van der Waals surface area contributed by atoms with E-state index in [1.165, 1.54) is 57.8 Å². The van der Waals surface area contributed by atoms with Gasteiger partial charge in [0.05, 0.1) is 11.9 Å². The third kappa shape index (κ3) is 11.9. The molecule has 0 unspecified atom stereocenters. The van der Waals surface area contributed by atoms with Gasteiger partial charge >= 0.3 is 24.3 Å². The number of carbonyl (C=O) groups excluding carboxylic acids is 1. The Morgan fingerprint density at radius 3 is 1.85 bits per heavy atom. The van der Waals surface area contributed by atoms with Gasteiger partial charge in [-0.05, 0) is 61.4 Å². The molecule has 1 saturated heterocycles. The summed E-state index contributed by atoms with van der Waals surface area (Å²) in [6.07, 6.45) is 1.02. The zero-order valence-electron chi connectivity index (χ0n) is 25.8. The second kappa shape index (κ2) is 17.4. The fourth-order valence-electron chi connectivity index (χ4n) is 5.27. The van der Waals surface area contributed by atoms with Crippen LogP contribution in [0.4, 0.5) is 32.2 Å². The lowest BCUT2D eigenvalue weighted by atomic mass is 9.89. The van der Waals surface area contributed by atoms with E-state index in [1.807, 2.05) is 35.0 Å². The van der Waals surface area contributed by atoms with Gasteiger partial charge in [-0.3, -0.25) is 4.79 Å². The van der Waals surface area contributed by atoms with Crippen LogP contribution < -0.4 is 10.2 Å². The van der Waals surface area contributed by atoms with Crippen LogP contribution in [0.1, 0.15) is 73.8 Å². The van der Waals surface area contributed by atoms with Gasteiger partial charge in [-0.15, -0.1) is 0 Å². The number of anilines is 1. The topological polar surface area (TPSA) is 138 Å². The lowest BCUT2D eigenvalue weighted by molar-refractivity contribution is -0.193. The molecule has 3 aromatic rings. The van der Waals surface area contributed by atoms with Crippen LogP contribution in [0.5, 0.6) is 0 Å². The average molecular weight is 708 g/mol. The van der Waals surface area contributed by atoms with Gasteiger partial charge in [0, 0.05) is 24.7 Å². The van der Waals surface area contributed by atoms with Gasteiger partial charge in [-0.1, -0.05) is 55.8 Å². The number of carboxylic acids is 2. The van der Waals surface area contributed by atoms with Crippen LogP contribution >= 0.6 is 11.6 Å². The van der Waals surface area contributed by atoms with Crippen LogP contribution in [0.15, 0.2) is 36.4 Å². The Bertz CT molecular complexity index is 1490. The first-order chi connectivity index (χ1) is 22.6. The molecule has 0 bridgehead atoms. The van der Waals surface area contributed by atoms with E-state index in [1.54, 1.807) is 0 Å². The highest BCUT2D eigenvalue weighted by Crippen LogP contribution is 2.26. The van der Waals surface area contributed by atoms with Gasteiger partial charge in [-0.2, -0.15) is 31.4 Å². The second-order valence-corrected chi connectivity index (χ2v) is 11.8. The van der Waals surface area contributed by atoms with Gasteiger partial charge in [0.2, 0.25) is 0 Å². The quantitative estimate of drug-likeness (QED) is 0.231. The molecule has 1 aromatic carbocycles. The number of halogens is 7. The van der Waals surface area contributed by atoms with Crippen molar-refractivity contribution in [2.45, 2.75) is 76.7 Å². The molecule has 0 spiro atoms. The van der Waals surface area contributed by atoms with Gasteiger partial charge in [0.25, 0.3) is 5.91 Å². The third-order valence-electron chi connectivity index (χ3n) is 7.73. The van der Waals surface area contributed by atoms with Crippen LogP contribution in [-0.4, -0.2) is 74.8 Å². The van der Waals surface area contributed by atoms with Crippen molar-refractivity contribution in [2.75, 3.05) is 24.5 Å². The number of nitrogens with zero attached hydrogens (tertiary/aromatic N) is 4. The minimum Gasteiger partial charge on any atom is -0.475 e. The molecular formula is C31H36ClF6N5O5. The summed E-state index contributed by atoms with van der Waals surface area (Å²) >= 11 is 6.08. The summed E-state index contributed by atoms with van der Waals surface area (Å²) in [4.78, 5) is 38.4. The van der Waals surface area contributed by atoms with Crippen LogP contribution in [0.25, 0.3) is 11.0 Å². The number of carboxylic acid groups (broad SMARTS) is 2. The number of fused-ring (bicyclic) bond motifs is 1. The van der Waals surface area contributed by atoms with E-state index in [-0.39, 0.29) is 5.91 Å². The Kier molecular flexibility index (Phi) is 13.9. The molecular weight excluding hydrogens is 672 g/mol. The molecule has 17 heteroatoms. The normalized spacial score (nSPS) is 15.8. The van der Waals surface area contributed by atoms with Crippen molar-refractivity contribution < 1.29 is 50.9 Å². The summed E-state index contributed by atoms with van der Waals surface area (Å²) in [5, 5.41) is 23.7. The van der Waals surface area contributed by atoms with Crippen molar-refractivity contribution in [3.8, 4) is 0 Å². The van der Waals surface area contributed by atoms with Gasteiger partial charge in [-0.25, -0.2) is 19.3 Å². The molecule has 2 fully saturated rings. The number of rotatable bonds is 6. The standard InChI is InChI=1S/C27H34ClN5O.2C2HF3O2/c28-22-12-10-21(11-13-22)19-33-26-23(14-15-24(30-26)32-16-6-1-2-7-17-32)25(31-33)27(34)29-18-20-8-4-3-5-9-20;2*3-2(4,5)1(6)7/h10-15,20H,1-9,16-19H2,(H,29,34);2*(H,6,7). The molecule has 2 aromatic heterocycles.